The summed E-state index contributed by atoms with van der Waals surface area (Å²) < 4.78 is 101. The molecule has 4 N–H and O–H groups in total. The Morgan fingerprint density at radius 1 is 0.867 bits per heavy atom. The zero-order chi connectivity index (χ0) is 33.3. The van der Waals surface area contributed by atoms with Crippen LogP contribution in [0, 0.1) is 5.92 Å². The number of hydrogen-bond donors (Lipinski definition) is 4. The van der Waals surface area contributed by atoms with Gasteiger partial charge in [0.25, 0.3) is 0 Å². The van der Waals surface area contributed by atoms with Crippen LogP contribution < -0.4 is 20.1 Å². The van der Waals surface area contributed by atoms with E-state index in [1.165, 1.54) is 0 Å². The van der Waals surface area contributed by atoms with E-state index in [1.807, 2.05) is 60.7 Å². The van der Waals surface area contributed by atoms with Crippen LogP contribution in [-0.2, 0) is 19.6 Å². The maximum absolute atomic E-state index is 13.1. The lowest BCUT2D eigenvalue weighted by Crippen LogP contribution is -2.52. The Bertz CT molecular complexity index is 1470. The van der Waals surface area contributed by atoms with Gasteiger partial charge in [-0.05, 0) is 41.8 Å². The smallest absolute Gasteiger partial charge is 0.475 e. The molecule has 0 aromatic heterocycles. The first-order valence-corrected chi connectivity index (χ1v) is 14.8. The second-order valence-electron chi connectivity index (χ2n) is 9.85. The van der Waals surface area contributed by atoms with Gasteiger partial charge in [-0.25, -0.2) is 17.9 Å². The summed E-state index contributed by atoms with van der Waals surface area (Å²) in [7, 11) is -4.03. The van der Waals surface area contributed by atoms with Gasteiger partial charge in [-0.1, -0.05) is 60.7 Å². The summed E-state index contributed by atoms with van der Waals surface area (Å²) in [5.41, 5.74) is 2.14. The molecule has 0 saturated carbocycles. The zero-order valence-electron chi connectivity index (χ0n) is 23.3. The number of sulfonamides is 1. The molecule has 3 aromatic carbocycles. The Kier molecular flexibility index (Phi) is 12.0. The number of carboxylic acids is 1. The summed E-state index contributed by atoms with van der Waals surface area (Å²) in [5, 5.41) is 13.2. The van der Waals surface area contributed by atoms with Gasteiger partial charge in [0.1, 0.15) is 5.75 Å². The fourth-order valence-corrected chi connectivity index (χ4v) is 5.73. The Labute approximate surface area is 254 Å². The highest BCUT2D eigenvalue weighted by Gasteiger charge is 2.38. The van der Waals surface area contributed by atoms with Crippen molar-refractivity contribution in [2.45, 2.75) is 35.8 Å². The third-order valence-electron chi connectivity index (χ3n) is 6.54. The number of halogens is 6. The SMILES string of the molecule is O=C(NCC(c1ccccc1)c1ccccc1)[C@@H]1CNC[C@H](NS(=O)(=O)c2ccc(OC(F)(F)F)cc2)C1.O=C(O)C(F)(F)F. The van der Waals surface area contributed by atoms with Crippen LogP contribution >= 0.6 is 0 Å². The van der Waals surface area contributed by atoms with Crippen LogP contribution in [0.25, 0.3) is 0 Å². The van der Waals surface area contributed by atoms with Gasteiger partial charge >= 0.3 is 18.5 Å². The number of carbonyl (C=O) groups excluding carboxylic acids is 1. The Morgan fingerprint density at radius 2 is 1.38 bits per heavy atom. The second-order valence-corrected chi connectivity index (χ2v) is 11.6. The fraction of sp³-hybridized carbons (Fsp3) is 0.310. The zero-order valence-corrected chi connectivity index (χ0v) is 24.1. The van der Waals surface area contributed by atoms with Crippen LogP contribution in [0.15, 0.2) is 89.8 Å². The molecule has 4 rings (SSSR count). The second kappa shape index (κ2) is 15.2. The van der Waals surface area contributed by atoms with Crippen LogP contribution in [0.3, 0.4) is 0 Å². The average molecular weight is 662 g/mol. The van der Waals surface area contributed by atoms with Crippen molar-refractivity contribution in [3.63, 3.8) is 0 Å². The predicted molar refractivity (Wildman–Crippen MR) is 150 cm³/mol. The highest BCUT2D eigenvalue weighted by atomic mass is 32.2. The molecule has 1 saturated heterocycles. The molecule has 1 amide bonds. The first kappa shape index (κ1) is 35.3. The summed E-state index contributed by atoms with van der Waals surface area (Å²) in [5.74, 6) is -3.97. The Balaban J connectivity index is 0.000000707. The molecule has 244 valence electrons. The topological polar surface area (TPSA) is 134 Å². The molecule has 2 atom stereocenters. The number of nitrogens with one attached hydrogen (secondary N) is 3. The average Bonchev–Trinajstić information content (AvgIpc) is 2.97. The van der Waals surface area contributed by atoms with Gasteiger partial charge in [-0.15, -0.1) is 13.2 Å². The van der Waals surface area contributed by atoms with Gasteiger partial charge in [0.15, 0.2) is 0 Å². The number of carboxylic acid groups (broad SMARTS) is 1. The molecule has 1 heterocycles. The number of ether oxygens (including phenoxy) is 1. The number of amides is 1. The standard InChI is InChI=1S/C27H28F3N3O4S.C2HF3O2/c28-27(29,30)37-23-11-13-24(14-12-23)38(35,36)33-22-15-21(16-31-17-22)26(34)32-18-25(19-7-3-1-4-8-19)20-9-5-2-6-10-20;3-2(4,5)1(6)7/h1-14,21-22,25,31,33H,15-18H2,(H,32,34);(H,6,7)/t21-,22+;/m0./s1. The van der Waals surface area contributed by atoms with Crippen molar-refractivity contribution >= 4 is 21.9 Å². The van der Waals surface area contributed by atoms with Crippen molar-refractivity contribution in [3.8, 4) is 5.75 Å². The van der Waals surface area contributed by atoms with E-state index in [2.05, 4.69) is 20.1 Å². The van der Waals surface area contributed by atoms with E-state index in [1.54, 1.807) is 0 Å². The molecule has 1 aliphatic rings. The molecular weight excluding hydrogens is 632 g/mol. The minimum atomic E-state index is -5.08. The molecular formula is C29H29F6N3O6S. The molecule has 0 radical (unpaired) electrons. The van der Waals surface area contributed by atoms with Gasteiger partial charge in [0, 0.05) is 31.6 Å². The quantitative estimate of drug-likeness (QED) is 0.250. The summed E-state index contributed by atoms with van der Waals surface area (Å²) in [6, 6.07) is 23.1. The van der Waals surface area contributed by atoms with Crippen molar-refractivity contribution in [1.29, 1.82) is 0 Å². The van der Waals surface area contributed by atoms with Crippen LogP contribution in [0.5, 0.6) is 5.75 Å². The van der Waals surface area contributed by atoms with Crippen LogP contribution in [0.1, 0.15) is 23.5 Å². The van der Waals surface area contributed by atoms with Gasteiger partial charge < -0.3 is 20.5 Å². The van der Waals surface area contributed by atoms with E-state index in [4.69, 9.17) is 9.90 Å². The van der Waals surface area contributed by atoms with Gasteiger partial charge in [-0.3, -0.25) is 4.79 Å². The van der Waals surface area contributed by atoms with E-state index >= 15 is 0 Å². The number of benzene rings is 3. The van der Waals surface area contributed by atoms with E-state index in [-0.39, 0.29) is 23.1 Å². The number of hydrogen-bond acceptors (Lipinski definition) is 6. The first-order chi connectivity index (χ1) is 21.0. The van der Waals surface area contributed by atoms with Crippen molar-refractivity contribution < 1.29 is 54.2 Å². The lowest BCUT2D eigenvalue weighted by molar-refractivity contribution is -0.274. The summed E-state index contributed by atoms with van der Waals surface area (Å²) in [6.07, 6.45) is -9.68. The van der Waals surface area contributed by atoms with Crippen LogP contribution in [-0.4, -0.2) is 63.6 Å². The first-order valence-electron chi connectivity index (χ1n) is 13.3. The molecule has 9 nitrogen and oxygen atoms in total. The van der Waals surface area contributed by atoms with E-state index in [0.29, 0.717) is 19.6 Å². The predicted octanol–water partition coefficient (Wildman–Crippen LogP) is 4.42. The van der Waals surface area contributed by atoms with Crippen LogP contribution in [0.2, 0.25) is 0 Å². The molecule has 0 unspecified atom stereocenters. The van der Waals surface area contributed by atoms with Crippen LogP contribution in [0.4, 0.5) is 26.3 Å². The van der Waals surface area contributed by atoms with Crippen molar-refractivity contribution in [1.82, 2.24) is 15.4 Å². The molecule has 0 bridgehead atoms. The van der Waals surface area contributed by atoms with E-state index in [9.17, 15) is 39.6 Å². The summed E-state index contributed by atoms with van der Waals surface area (Å²) >= 11 is 0. The Morgan fingerprint density at radius 3 is 1.84 bits per heavy atom. The minimum Gasteiger partial charge on any atom is -0.475 e. The number of carbonyl (C=O) groups is 2. The van der Waals surface area contributed by atoms with Crippen molar-refractivity contribution in [2.24, 2.45) is 5.92 Å². The highest BCUT2D eigenvalue weighted by molar-refractivity contribution is 7.89. The summed E-state index contributed by atoms with van der Waals surface area (Å²) in [6.45, 7) is 1.09. The van der Waals surface area contributed by atoms with Crippen molar-refractivity contribution in [3.05, 3.63) is 96.1 Å². The van der Waals surface area contributed by atoms with Gasteiger partial charge in [-0.2, -0.15) is 13.2 Å². The molecule has 0 aliphatic carbocycles. The van der Waals surface area contributed by atoms with Gasteiger partial charge in [0.2, 0.25) is 15.9 Å². The van der Waals surface area contributed by atoms with E-state index < -0.39 is 46.2 Å². The maximum Gasteiger partial charge on any atom is 0.573 e. The number of aliphatic carboxylic acids is 1. The third kappa shape index (κ3) is 11.4. The minimum absolute atomic E-state index is 0.0449. The molecule has 16 heteroatoms. The lowest BCUT2D eigenvalue weighted by atomic mass is 9.90. The number of rotatable bonds is 9. The van der Waals surface area contributed by atoms with E-state index in [0.717, 1.165) is 35.4 Å². The Hall–Kier alpha value is -4.15. The molecule has 1 fully saturated rings. The summed E-state index contributed by atoms with van der Waals surface area (Å²) in [4.78, 5) is 21.8. The van der Waals surface area contributed by atoms with Crippen molar-refractivity contribution in [2.75, 3.05) is 19.6 Å². The lowest BCUT2D eigenvalue weighted by Gasteiger charge is -2.30. The number of piperidine rings is 1. The fourth-order valence-electron chi connectivity index (χ4n) is 4.49. The normalized spacial score (nSPS) is 17.1. The van der Waals surface area contributed by atoms with Gasteiger partial charge in [0.05, 0.1) is 10.8 Å². The largest absolute Gasteiger partial charge is 0.573 e. The maximum atomic E-state index is 13.1. The monoisotopic (exact) mass is 661 g/mol. The third-order valence-corrected chi connectivity index (χ3v) is 8.07. The molecule has 3 aromatic rings. The molecule has 0 spiro atoms. The molecule has 45 heavy (non-hydrogen) atoms. The molecule has 1 aliphatic heterocycles. The highest BCUT2D eigenvalue weighted by Crippen LogP contribution is 2.26. The number of alkyl halides is 6.